The lowest BCUT2D eigenvalue weighted by Gasteiger charge is -2.00. The molecule has 0 aromatic heterocycles. The van der Waals surface area contributed by atoms with Crippen molar-refractivity contribution in [1.82, 2.24) is 5.32 Å². The van der Waals surface area contributed by atoms with Crippen LogP contribution in [0.4, 0.5) is 5.69 Å². The molecule has 1 aliphatic rings. The van der Waals surface area contributed by atoms with Gasteiger partial charge in [0.2, 0.25) is 0 Å². The van der Waals surface area contributed by atoms with Gasteiger partial charge in [-0.2, -0.15) is 0 Å². The highest BCUT2D eigenvalue weighted by Gasteiger charge is 2.24. The molecule has 0 saturated carbocycles. The van der Waals surface area contributed by atoms with Crippen LogP contribution in [0.25, 0.3) is 6.08 Å². The topological polar surface area (TPSA) is 61.7 Å². The zero-order valence-electron chi connectivity index (χ0n) is 12.2. The maximum absolute atomic E-state index is 12.1. The van der Waals surface area contributed by atoms with Gasteiger partial charge in [0.25, 0.3) is 5.91 Å². The zero-order chi connectivity index (χ0) is 16.4. The molecular formula is C17H13BrN2O2S. The first-order valence-electron chi connectivity index (χ1n) is 6.86. The summed E-state index contributed by atoms with van der Waals surface area (Å²) in [5.41, 5.74) is 2.52. The van der Waals surface area contributed by atoms with E-state index in [9.17, 15) is 9.90 Å². The summed E-state index contributed by atoms with van der Waals surface area (Å²) in [4.78, 5) is 17.0. The number of nitrogens with zero attached hydrogens (tertiary/aromatic N) is 1. The number of phenolic OH excluding ortho intramolecular Hbond substituents is 1. The van der Waals surface area contributed by atoms with Gasteiger partial charge >= 0.3 is 0 Å². The van der Waals surface area contributed by atoms with Crippen molar-refractivity contribution in [3.05, 3.63) is 63.0 Å². The maximum Gasteiger partial charge on any atom is 0.264 e. The second-order valence-electron chi connectivity index (χ2n) is 5.02. The number of carbonyl (C=O) groups excluding carboxylic acids is 1. The van der Waals surface area contributed by atoms with Crippen LogP contribution in [0.1, 0.15) is 11.1 Å². The predicted octanol–water partition coefficient (Wildman–Crippen LogP) is 4.35. The molecule has 1 amide bonds. The molecule has 1 saturated heterocycles. The standard InChI is InChI=1S/C17H13BrN2O2S/c1-10-2-5-13(6-3-10)19-17-20-16(22)15(23-17)9-11-8-12(18)4-7-14(11)21/h2-9,21H,1H3,(H,19,20,22)/b15-9-. The Hall–Kier alpha value is -2.05. The quantitative estimate of drug-likeness (QED) is 0.751. The summed E-state index contributed by atoms with van der Waals surface area (Å²) in [5.74, 6) is -0.0988. The Labute approximate surface area is 146 Å². The first-order chi connectivity index (χ1) is 11.0. The number of amidine groups is 1. The Balaban J connectivity index is 1.86. The van der Waals surface area contributed by atoms with Crippen molar-refractivity contribution in [1.29, 1.82) is 0 Å². The lowest BCUT2D eigenvalue weighted by molar-refractivity contribution is -0.115. The van der Waals surface area contributed by atoms with Gasteiger partial charge in [0.05, 0.1) is 10.6 Å². The van der Waals surface area contributed by atoms with E-state index in [2.05, 4.69) is 26.2 Å². The predicted molar refractivity (Wildman–Crippen MR) is 97.8 cm³/mol. The third-order valence-corrected chi connectivity index (χ3v) is 4.59. The molecule has 2 N–H and O–H groups in total. The number of benzene rings is 2. The first-order valence-corrected chi connectivity index (χ1v) is 8.47. The minimum Gasteiger partial charge on any atom is -0.507 e. The molecule has 116 valence electrons. The van der Waals surface area contributed by atoms with Crippen LogP contribution in [0, 0.1) is 6.92 Å². The number of nitrogens with one attached hydrogen (secondary N) is 1. The number of amides is 1. The number of aromatic hydroxyl groups is 1. The van der Waals surface area contributed by atoms with E-state index in [1.165, 1.54) is 11.8 Å². The largest absolute Gasteiger partial charge is 0.507 e. The van der Waals surface area contributed by atoms with Crippen LogP contribution < -0.4 is 5.32 Å². The molecule has 2 aromatic carbocycles. The summed E-state index contributed by atoms with van der Waals surface area (Å²) >= 11 is 4.60. The Morgan fingerprint density at radius 1 is 1.22 bits per heavy atom. The SMILES string of the molecule is Cc1ccc(N=C2NC(=O)/C(=C/c3cc(Br)ccc3O)S2)cc1. The lowest BCUT2D eigenvalue weighted by Crippen LogP contribution is -2.19. The molecule has 1 heterocycles. The number of carbonyl (C=O) groups is 1. The first kappa shape index (κ1) is 15.8. The van der Waals surface area contributed by atoms with Gasteiger partial charge in [0.1, 0.15) is 5.75 Å². The smallest absolute Gasteiger partial charge is 0.264 e. The van der Waals surface area contributed by atoms with E-state index in [1.54, 1.807) is 24.3 Å². The monoisotopic (exact) mass is 388 g/mol. The van der Waals surface area contributed by atoms with E-state index in [0.29, 0.717) is 15.6 Å². The molecule has 23 heavy (non-hydrogen) atoms. The highest BCUT2D eigenvalue weighted by Crippen LogP contribution is 2.31. The van der Waals surface area contributed by atoms with E-state index in [0.717, 1.165) is 15.7 Å². The fourth-order valence-electron chi connectivity index (χ4n) is 2.00. The zero-order valence-corrected chi connectivity index (χ0v) is 14.6. The molecule has 2 aromatic rings. The summed E-state index contributed by atoms with van der Waals surface area (Å²) in [6, 6.07) is 12.8. The number of aliphatic imine (C=N–C) groups is 1. The Morgan fingerprint density at radius 3 is 2.70 bits per heavy atom. The van der Waals surface area contributed by atoms with Gasteiger partial charge in [0.15, 0.2) is 5.17 Å². The van der Waals surface area contributed by atoms with Gasteiger partial charge in [-0.3, -0.25) is 4.79 Å². The van der Waals surface area contributed by atoms with Crippen LogP contribution >= 0.6 is 27.7 Å². The van der Waals surface area contributed by atoms with Crippen molar-refractivity contribution < 1.29 is 9.90 Å². The van der Waals surface area contributed by atoms with E-state index in [4.69, 9.17) is 0 Å². The van der Waals surface area contributed by atoms with Crippen molar-refractivity contribution in [3.63, 3.8) is 0 Å². The van der Waals surface area contributed by atoms with Crippen LogP contribution in [0.15, 0.2) is 56.8 Å². The molecule has 0 atom stereocenters. The van der Waals surface area contributed by atoms with Crippen molar-refractivity contribution in [2.45, 2.75) is 6.92 Å². The summed E-state index contributed by atoms with van der Waals surface area (Å²) in [6.07, 6.45) is 1.65. The Morgan fingerprint density at radius 2 is 1.96 bits per heavy atom. The summed E-state index contributed by atoms with van der Waals surface area (Å²) in [5, 5.41) is 13.1. The fourth-order valence-corrected chi connectivity index (χ4v) is 3.21. The average Bonchev–Trinajstić information content (AvgIpc) is 2.85. The van der Waals surface area contributed by atoms with Gasteiger partial charge < -0.3 is 10.4 Å². The van der Waals surface area contributed by atoms with Gasteiger partial charge in [-0.25, -0.2) is 4.99 Å². The molecule has 1 aliphatic heterocycles. The molecule has 1 fully saturated rings. The third-order valence-electron chi connectivity index (χ3n) is 3.19. The van der Waals surface area contributed by atoms with Crippen molar-refractivity contribution in [3.8, 4) is 5.75 Å². The number of hydrogen-bond donors (Lipinski definition) is 2. The number of phenols is 1. The van der Waals surface area contributed by atoms with Crippen LogP contribution in [0.3, 0.4) is 0 Å². The van der Waals surface area contributed by atoms with E-state index < -0.39 is 0 Å². The molecule has 0 unspecified atom stereocenters. The molecule has 3 rings (SSSR count). The van der Waals surface area contributed by atoms with Crippen LogP contribution in [0.5, 0.6) is 5.75 Å². The van der Waals surface area contributed by atoms with Crippen molar-refractivity contribution in [2.24, 2.45) is 4.99 Å². The molecule has 0 bridgehead atoms. The van der Waals surface area contributed by atoms with Crippen molar-refractivity contribution >= 4 is 50.5 Å². The van der Waals surface area contributed by atoms with Gasteiger partial charge in [-0.15, -0.1) is 0 Å². The highest BCUT2D eigenvalue weighted by molar-refractivity contribution is 9.10. The lowest BCUT2D eigenvalue weighted by atomic mass is 10.2. The fraction of sp³-hybridized carbons (Fsp3) is 0.0588. The van der Waals surface area contributed by atoms with E-state index in [1.807, 2.05) is 31.2 Å². The van der Waals surface area contributed by atoms with Crippen LogP contribution in [-0.4, -0.2) is 16.2 Å². The average molecular weight is 389 g/mol. The number of halogens is 1. The molecule has 6 heteroatoms. The van der Waals surface area contributed by atoms with Gasteiger partial charge in [-0.1, -0.05) is 33.6 Å². The highest BCUT2D eigenvalue weighted by atomic mass is 79.9. The molecule has 0 radical (unpaired) electrons. The minimum atomic E-state index is -0.222. The summed E-state index contributed by atoms with van der Waals surface area (Å²) < 4.78 is 0.833. The van der Waals surface area contributed by atoms with Gasteiger partial charge in [0, 0.05) is 10.0 Å². The summed E-state index contributed by atoms with van der Waals surface area (Å²) in [7, 11) is 0. The number of aryl methyl sites for hydroxylation is 1. The van der Waals surface area contributed by atoms with Gasteiger partial charge in [-0.05, 0) is 55.1 Å². The molecule has 0 spiro atoms. The number of thioether (sulfide) groups is 1. The van der Waals surface area contributed by atoms with Crippen LogP contribution in [0.2, 0.25) is 0 Å². The maximum atomic E-state index is 12.1. The molecular weight excluding hydrogens is 376 g/mol. The second-order valence-corrected chi connectivity index (χ2v) is 6.97. The van der Waals surface area contributed by atoms with Crippen molar-refractivity contribution in [2.75, 3.05) is 0 Å². The molecule has 4 nitrogen and oxygen atoms in total. The molecule has 0 aliphatic carbocycles. The Bertz CT molecular complexity index is 829. The summed E-state index contributed by atoms with van der Waals surface area (Å²) in [6.45, 7) is 2.01. The second kappa shape index (κ2) is 6.60. The van der Waals surface area contributed by atoms with E-state index >= 15 is 0 Å². The Kier molecular flexibility index (Phi) is 4.54. The van der Waals surface area contributed by atoms with Crippen LogP contribution in [-0.2, 0) is 4.79 Å². The number of rotatable bonds is 2. The number of hydrogen-bond acceptors (Lipinski definition) is 4. The normalized spacial score (nSPS) is 17.7. The minimum absolute atomic E-state index is 0.123. The third kappa shape index (κ3) is 3.83. The van der Waals surface area contributed by atoms with E-state index in [-0.39, 0.29) is 11.7 Å².